The molecule has 2 unspecified atom stereocenters. The highest BCUT2D eigenvalue weighted by atomic mass is 32.2. The van der Waals surface area contributed by atoms with E-state index < -0.39 is 28.7 Å². The second-order valence-corrected chi connectivity index (χ2v) is 14.8. The van der Waals surface area contributed by atoms with Crippen LogP contribution in [-0.2, 0) is 14.4 Å². The number of hydrogen-bond donors (Lipinski definition) is 1. The maximum atomic E-state index is 15.1. The molecule has 2 bridgehead atoms. The Hall–Kier alpha value is -4.08. The topological polar surface area (TPSA) is 90.4 Å². The molecule has 3 fully saturated rings. The molecule has 3 amide bonds. The van der Waals surface area contributed by atoms with Gasteiger partial charge in [-0.05, 0) is 72.9 Å². The minimum absolute atomic E-state index is 0.112. The number of hydrogen-bond acceptors (Lipinski definition) is 6. The zero-order valence-electron chi connectivity index (χ0n) is 28.0. The third-order valence-electron chi connectivity index (χ3n) is 10.2. The molecule has 3 aliphatic heterocycles. The zero-order chi connectivity index (χ0) is 34.2. The van der Waals surface area contributed by atoms with E-state index in [1.54, 1.807) is 38.6 Å². The van der Waals surface area contributed by atoms with Crippen LogP contribution < -0.4 is 14.5 Å². The summed E-state index contributed by atoms with van der Waals surface area (Å²) >= 11 is 1.63. The fraction of sp³-hybridized carbons (Fsp3) is 0.410. The molecule has 3 saturated heterocycles. The van der Waals surface area contributed by atoms with Crippen molar-refractivity contribution in [3.05, 3.63) is 92.0 Å². The number of carbonyl (C=O) groups excluding carboxylic acids is 3. The first kappa shape index (κ1) is 33.8. The number of benzene rings is 3. The summed E-state index contributed by atoms with van der Waals surface area (Å²) in [5.74, 6) is -1.31. The summed E-state index contributed by atoms with van der Waals surface area (Å²) in [5, 5.41) is 12.6. The summed E-state index contributed by atoms with van der Waals surface area (Å²) in [6.07, 6.45) is 4.74. The van der Waals surface area contributed by atoms with E-state index in [2.05, 4.69) is 13.2 Å². The first-order valence-electron chi connectivity index (χ1n) is 16.9. The molecule has 1 N–H and O–H groups in total. The molecule has 252 valence electrons. The molecule has 3 aromatic carbocycles. The molecule has 0 aromatic heterocycles. The quantitative estimate of drug-likeness (QED) is 0.222. The fourth-order valence-electron chi connectivity index (χ4n) is 8.09. The number of anilines is 2. The summed E-state index contributed by atoms with van der Waals surface area (Å²) in [6, 6.07) is 19.9. The van der Waals surface area contributed by atoms with Crippen LogP contribution in [0.3, 0.4) is 0 Å². The standard InChI is InChI=1S/C39H45N3O5S/c1-6-21-40(28-15-17-30(18-16-28)47-8-3)36(44)33-32-19-20-39(48-32)34(33)37(45)42(31(24-43)25(4)5)35(39)38(46)41(22-7-2)29-14-13-26-11-9-10-12-27(26)23-29/h6-7,9-18,23,25,31-35,43H,1-2,8,19-22,24H2,3-5H3/t31-,32+,33-,34-,35?,39?/m0/s1. The summed E-state index contributed by atoms with van der Waals surface area (Å²) in [6.45, 7) is 14.5. The summed E-state index contributed by atoms with van der Waals surface area (Å²) in [4.78, 5) is 49.6. The van der Waals surface area contributed by atoms with Crippen molar-refractivity contribution in [1.82, 2.24) is 4.90 Å². The van der Waals surface area contributed by atoms with E-state index in [1.165, 1.54) is 0 Å². The normalized spacial score (nSPS) is 24.9. The second-order valence-electron chi connectivity index (χ2n) is 13.2. The Bertz CT molecular complexity index is 1710. The molecule has 0 radical (unpaired) electrons. The summed E-state index contributed by atoms with van der Waals surface area (Å²) in [7, 11) is 0. The molecular weight excluding hydrogens is 623 g/mol. The van der Waals surface area contributed by atoms with Crippen LogP contribution in [0, 0.1) is 17.8 Å². The van der Waals surface area contributed by atoms with Gasteiger partial charge in [-0.2, -0.15) is 0 Å². The third kappa shape index (κ3) is 5.60. The average Bonchev–Trinajstić information content (AvgIpc) is 3.74. The molecule has 0 aliphatic carbocycles. The van der Waals surface area contributed by atoms with E-state index in [9.17, 15) is 14.7 Å². The Morgan fingerprint density at radius 2 is 1.65 bits per heavy atom. The van der Waals surface area contributed by atoms with Crippen LogP contribution in [-0.4, -0.2) is 76.1 Å². The Kier molecular flexibility index (Phi) is 9.72. The smallest absolute Gasteiger partial charge is 0.251 e. The van der Waals surface area contributed by atoms with E-state index in [4.69, 9.17) is 4.74 Å². The molecule has 0 saturated carbocycles. The van der Waals surface area contributed by atoms with Gasteiger partial charge >= 0.3 is 0 Å². The van der Waals surface area contributed by atoms with Crippen molar-refractivity contribution in [2.45, 2.75) is 55.7 Å². The van der Waals surface area contributed by atoms with E-state index in [0.29, 0.717) is 30.2 Å². The van der Waals surface area contributed by atoms with Gasteiger partial charge in [0.1, 0.15) is 11.8 Å². The first-order valence-corrected chi connectivity index (χ1v) is 17.8. The van der Waals surface area contributed by atoms with E-state index in [0.717, 1.165) is 17.2 Å². The number of aliphatic hydroxyl groups excluding tert-OH is 1. The van der Waals surface area contributed by atoms with Gasteiger partial charge in [-0.25, -0.2) is 0 Å². The first-order chi connectivity index (χ1) is 23.2. The lowest BCUT2D eigenvalue weighted by atomic mass is 9.70. The molecule has 9 heteroatoms. The molecule has 3 aromatic rings. The van der Waals surface area contributed by atoms with Crippen LogP contribution in [0.2, 0.25) is 0 Å². The van der Waals surface area contributed by atoms with Gasteiger partial charge < -0.3 is 24.5 Å². The van der Waals surface area contributed by atoms with Crippen molar-refractivity contribution in [2.24, 2.45) is 17.8 Å². The third-order valence-corrected chi connectivity index (χ3v) is 12.2. The highest BCUT2D eigenvalue weighted by Crippen LogP contribution is 2.67. The number of nitrogens with zero attached hydrogens (tertiary/aromatic N) is 3. The van der Waals surface area contributed by atoms with Crippen molar-refractivity contribution >= 4 is 51.6 Å². The lowest BCUT2D eigenvalue weighted by molar-refractivity contribution is -0.142. The van der Waals surface area contributed by atoms with Gasteiger partial charge in [0.15, 0.2) is 0 Å². The molecule has 3 aliphatic rings. The van der Waals surface area contributed by atoms with Gasteiger partial charge in [-0.1, -0.05) is 56.3 Å². The maximum Gasteiger partial charge on any atom is 0.251 e. The minimum atomic E-state index is -0.855. The molecule has 6 atom stereocenters. The summed E-state index contributed by atoms with van der Waals surface area (Å²) in [5.41, 5.74) is 1.41. The largest absolute Gasteiger partial charge is 0.494 e. The van der Waals surface area contributed by atoms with E-state index in [-0.39, 0.29) is 48.6 Å². The van der Waals surface area contributed by atoms with Gasteiger partial charge in [-0.3, -0.25) is 14.4 Å². The van der Waals surface area contributed by atoms with Crippen molar-refractivity contribution in [3.63, 3.8) is 0 Å². The minimum Gasteiger partial charge on any atom is -0.494 e. The lowest BCUT2D eigenvalue weighted by Crippen LogP contribution is -2.58. The molecule has 48 heavy (non-hydrogen) atoms. The predicted molar refractivity (Wildman–Crippen MR) is 193 cm³/mol. The number of rotatable bonds is 13. The van der Waals surface area contributed by atoms with Crippen LogP contribution in [0.25, 0.3) is 10.8 Å². The fourth-order valence-corrected chi connectivity index (χ4v) is 10.3. The number of amides is 3. The van der Waals surface area contributed by atoms with Crippen LogP contribution in [0.15, 0.2) is 92.0 Å². The predicted octanol–water partition coefficient (Wildman–Crippen LogP) is 6.08. The highest BCUT2D eigenvalue weighted by molar-refractivity contribution is 8.02. The van der Waals surface area contributed by atoms with Gasteiger partial charge in [0, 0.05) is 29.7 Å². The van der Waals surface area contributed by atoms with Crippen molar-refractivity contribution in [2.75, 3.05) is 36.1 Å². The Labute approximate surface area is 287 Å². The second kappa shape index (κ2) is 13.8. The Balaban J connectivity index is 1.42. The van der Waals surface area contributed by atoms with Crippen molar-refractivity contribution in [1.29, 1.82) is 0 Å². The SMILES string of the molecule is C=CCN(C(=O)C1N([C@@H](CO)C(C)C)C(=O)[C@@H]2[C@@H](C(=O)N(CC=C)c3ccc(OCC)cc3)[C@H]3CCC12S3)c1ccc2ccccc2c1. The lowest BCUT2D eigenvalue weighted by Gasteiger charge is -2.40. The van der Waals surface area contributed by atoms with Gasteiger partial charge in [0.2, 0.25) is 11.8 Å². The number of aliphatic hydroxyl groups is 1. The average molecular weight is 668 g/mol. The van der Waals surface area contributed by atoms with Crippen LogP contribution in [0.1, 0.15) is 33.6 Å². The Morgan fingerprint density at radius 1 is 1.00 bits per heavy atom. The van der Waals surface area contributed by atoms with Crippen LogP contribution in [0.5, 0.6) is 5.75 Å². The zero-order valence-corrected chi connectivity index (χ0v) is 28.8. The van der Waals surface area contributed by atoms with Gasteiger partial charge in [0.25, 0.3) is 5.91 Å². The van der Waals surface area contributed by atoms with E-state index in [1.807, 2.05) is 87.5 Å². The highest BCUT2D eigenvalue weighted by Gasteiger charge is 2.74. The summed E-state index contributed by atoms with van der Waals surface area (Å²) < 4.78 is 4.81. The number of carbonyl (C=O) groups is 3. The number of thioether (sulfide) groups is 1. The molecular formula is C39H45N3O5S. The number of ether oxygens (including phenoxy) is 1. The number of likely N-dealkylation sites (tertiary alicyclic amines) is 1. The van der Waals surface area contributed by atoms with E-state index >= 15 is 4.79 Å². The molecule has 1 spiro atoms. The van der Waals surface area contributed by atoms with Crippen LogP contribution in [0.4, 0.5) is 11.4 Å². The maximum absolute atomic E-state index is 15.1. The Morgan fingerprint density at radius 3 is 2.27 bits per heavy atom. The van der Waals surface area contributed by atoms with Crippen molar-refractivity contribution in [3.8, 4) is 5.75 Å². The number of fused-ring (bicyclic) bond motifs is 2. The monoisotopic (exact) mass is 667 g/mol. The molecule has 8 nitrogen and oxygen atoms in total. The van der Waals surface area contributed by atoms with Gasteiger partial charge in [0.05, 0.1) is 35.8 Å². The molecule has 6 rings (SSSR count). The van der Waals surface area contributed by atoms with Crippen LogP contribution >= 0.6 is 11.8 Å². The molecule has 3 heterocycles. The van der Waals surface area contributed by atoms with Gasteiger partial charge in [-0.15, -0.1) is 24.9 Å². The van der Waals surface area contributed by atoms with Crippen molar-refractivity contribution < 1.29 is 24.2 Å².